The maximum atomic E-state index is 11.9. The molecule has 2 rings (SSSR count). The molecule has 1 unspecified atom stereocenters. The van der Waals surface area contributed by atoms with Crippen molar-refractivity contribution in [2.24, 2.45) is 0 Å². The predicted molar refractivity (Wildman–Crippen MR) is 91.4 cm³/mol. The summed E-state index contributed by atoms with van der Waals surface area (Å²) in [5, 5.41) is 17.2. The van der Waals surface area contributed by atoms with Crippen LogP contribution in [-0.2, 0) is 15.2 Å². The molecule has 0 bridgehead atoms. The average Bonchev–Trinajstić information content (AvgIpc) is 2.98. The molecule has 0 saturated heterocycles. The minimum Gasteiger partial charge on any atom is -0.383 e. The van der Waals surface area contributed by atoms with E-state index in [0.29, 0.717) is 5.69 Å². The topological polar surface area (TPSA) is 78.4 Å². The zero-order valence-corrected chi connectivity index (χ0v) is 14.2. The molecule has 1 heterocycles. The third-order valence-corrected chi connectivity index (χ3v) is 4.45. The van der Waals surface area contributed by atoms with Crippen LogP contribution in [-0.4, -0.2) is 23.5 Å². The van der Waals surface area contributed by atoms with Crippen molar-refractivity contribution < 1.29 is 14.7 Å². The Morgan fingerprint density at radius 1 is 1.17 bits per heavy atom. The molecule has 1 aromatic carbocycles. The first-order chi connectivity index (χ1) is 10.8. The molecule has 0 radical (unpaired) electrons. The van der Waals surface area contributed by atoms with Crippen molar-refractivity contribution in [3.8, 4) is 0 Å². The summed E-state index contributed by atoms with van der Waals surface area (Å²) in [6.45, 7) is 5.40. The van der Waals surface area contributed by atoms with Gasteiger partial charge >= 0.3 is 11.8 Å². The van der Waals surface area contributed by atoms with Crippen LogP contribution in [0.15, 0.2) is 35.7 Å². The van der Waals surface area contributed by atoms with E-state index < -0.39 is 17.4 Å². The number of thiophene rings is 1. The molecule has 0 aliphatic carbocycles. The number of nitrogens with one attached hydrogen (secondary N) is 2. The zero-order chi connectivity index (χ0) is 17.0. The van der Waals surface area contributed by atoms with Crippen LogP contribution in [0.3, 0.4) is 0 Å². The monoisotopic (exact) mass is 332 g/mol. The molecule has 0 fully saturated rings. The first-order valence-electron chi connectivity index (χ1n) is 7.22. The van der Waals surface area contributed by atoms with Crippen LogP contribution in [0.4, 0.5) is 5.69 Å². The molecule has 122 valence electrons. The summed E-state index contributed by atoms with van der Waals surface area (Å²) in [6, 6.07) is 9.17. The third-order valence-electron chi connectivity index (χ3n) is 3.33. The van der Waals surface area contributed by atoms with E-state index in [9.17, 15) is 14.7 Å². The molecule has 0 saturated carbocycles. The number of aliphatic hydroxyl groups is 1. The van der Waals surface area contributed by atoms with Crippen LogP contribution in [0.25, 0.3) is 0 Å². The van der Waals surface area contributed by atoms with Gasteiger partial charge in [-0.15, -0.1) is 11.3 Å². The third kappa shape index (κ3) is 4.64. The normalized spacial score (nSPS) is 13.2. The lowest BCUT2D eigenvalue weighted by molar-refractivity contribution is -0.136. The van der Waals surface area contributed by atoms with Crippen molar-refractivity contribution >= 4 is 28.8 Å². The highest BCUT2D eigenvalue weighted by Gasteiger charge is 2.26. The lowest BCUT2D eigenvalue weighted by Crippen LogP contribution is -2.42. The number of hydrogen-bond donors (Lipinski definition) is 3. The maximum Gasteiger partial charge on any atom is 0.313 e. The summed E-state index contributed by atoms with van der Waals surface area (Å²) in [4.78, 5) is 24.6. The van der Waals surface area contributed by atoms with Crippen LogP contribution >= 0.6 is 11.3 Å². The Bertz CT molecular complexity index is 688. The van der Waals surface area contributed by atoms with E-state index in [2.05, 4.69) is 10.6 Å². The number of rotatable bonds is 4. The Morgan fingerprint density at radius 3 is 2.39 bits per heavy atom. The first-order valence-corrected chi connectivity index (χ1v) is 8.10. The van der Waals surface area contributed by atoms with Crippen LogP contribution in [0, 0.1) is 13.8 Å². The Kier molecular flexibility index (Phi) is 5.18. The van der Waals surface area contributed by atoms with E-state index >= 15 is 0 Å². The number of carbonyl (C=O) groups excluding carboxylic acids is 2. The lowest BCUT2D eigenvalue weighted by atomic mass is 10.1. The molecule has 1 aromatic heterocycles. The van der Waals surface area contributed by atoms with Crippen molar-refractivity contribution in [1.29, 1.82) is 0 Å². The molecule has 3 N–H and O–H groups in total. The van der Waals surface area contributed by atoms with Gasteiger partial charge in [0.05, 0.1) is 6.54 Å². The lowest BCUT2D eigenvalue weighted by Gasteiger charge is -2.22. The van der Waals surface area contributed by atoms with Gasteiger partial charge in [0.1, 0.15) is 5.60 Å². The van der Waals surface area contributed by atoms with Gasteiger partial charge in [-0.05, 0) is 55.5 Å². The second-order valence-corrected chi connectivity index (χ2v) is 6.71. The van der Waals surface area contributed by atoms with Crippen LogP contribution < -0.4 is 10.6 Å². The van der Waals surface area contributed by atoms with Gasteiger partial charge in [-0.1, -0.05) is 12.1 Å². The highest BCUT2D eigenvalue weighted by molar-refractivity contribution is 7.10. The van der Waals surface area contributed by atoms with Crippen LogP contribution in [0.5, 0.6) is 0 Å². The number of hydrogen-bond acceptors (Lipinski definition) is 4. The molecule has 2 aromatic rings. The summed E-state index contributed by atoms with van der Waals surface area (Å²) in [6.07, 6.45) is 0. The molecule has 0 aliphatic rings. The van der Waals surface area contributed by atoms with Gasteiger partial charge in [0.25, 0.3) is 0 Å². The second-order valence-electron chi connectivity index (χ2n) is 5.76. The van der Waals surface area contributed by atoms with Gasteiger partial charge in [-0.3, -0.25) is 9.59 Å². The van der Waals surface area contributed by atoms with Crippen LogP contribution in [0.2, 0.25) is 0 Å². The Hall–Kier alpha value is -2.18. The highest BCUT2D eigenvalue weighted by atomic mass is 32.1. The van der Waals surface area contributed by atoms with E-state index in [1.165, 1.54) is 11.3 Å². The fraction of sp³-hybridized carbons (Fsp3) is 0.294. The van der Waals surface area contributed by atoms with E-state index in [1.807, 2.05) is 31.4 Å². The van der Waals surface area contributed by atoms with Gasteiger partial charge in [0, 0.05) is 10.6 Å². The SMILES string of the molecule is Cc1cc(C)cc(NC(=O)C(=O)NCC(C)(O)c2cccs2)c1. The van der Waals surface area contributed by atoms with Crippen molar-refractivity contribution in [2.45, 2.75) is 26.4 Å². The Balaban J connectivity index is 1.94. The molecule has 2 amide bonds. The summed E-state index contributed by atoms with van der Waals surface area (Å²) in [5.74, 6) is -1.53. The van der Waals surface area contributed by atoms with Crippen molar-refractivity contribution in [3.05, 3.63) is 51.7 Å². The average molecular weight is 332 g/mol. The summed E-state index contributed by atoms with van der Waals surface area (Å²) in [7, 11) is 0. The number of benzene rings is 1. The maximum absolute atomic E-state index is 11.9. The number of aryl methyl sites for hydroxylation is 2. The van der Waals surface area contributed by atoms with Gasteiger partial charge in [0.15, 0.2) is 0 Å². The summed E-state index contributed by atoms with van der Waals surface area (Å²) < 4.78 is 0. The van der Waals surface area contributed by atoms with Gasteiger partial charge in [0.2, 0.25) is 0 Å². The number of carbonyl (C=O) groups is 2. The van der Waals surface area contributed by atoms with E-state index in [1.54, 1.807) is 25.1 Å². The molecular weight excluding hydrogens is 312 g/mol. The quantitative estimate of drug-likeness (QED) is 0.752. The number of amides is 2. The zero-order valence-electron chi connectivity index (χ0n) is 13.3. The smallest absolute Gasteiger partial charge is 0.313 e. The molecule has 0 spiro atoms. The summed E-state index contributed by atoms with van der Waals surface area (Å²) >= 11 is 1.39. The van der Waals surface area contributed by atoms with Gasteiger partial charge in [-0.2, -0.15) is 0 Å². The molecule has 6 heteroatoms. The Labute approximate surface area is 139 Å². The molecule has 23 heavy (non-hydrogen) atoms. The van der Waals surface area contributed by atoms with E-state index in [-0.39, 0.29) is 6.54 Å². The highest BCUT2D eigenvalue weighted by Crippen LogP contribution is 2.24. The van der Waals surface area contributed by atoms with Crippen LogP contribution in [0.1, 0.15) is 22.9 Å². The van der Waals surface area contributed by atoms with Crippen molar-refractivity contribution in [2.75, 3.05) is 11.9 Å². The first kappa shape index (κ1) is 17.2. The predicted octanol–water partition coefficient (Wildman–Crippen LogP) is 2.33. The fourth-order valence-corrected chi connectivity index (χ4v) is 3.03. The molecule has 5 nitrogen and oxygen atoms in total. The van der Waals surface area contributed by atoms with Gasteiger partial charge in [-0.25, -0.2) is 0 Å². The van der Waals surface area contributed by atoms with Crippen molar-refractivity contribution in [1.82, 2.24) is 5.32 Å². The summed E-state index contributed by atoms with van der Waals surface area (Å²) in [5.41, 5.74) is 1.37. The van der Waals surface area contributed by atoms with Gasteiger partial charge < -0.3 is 15.7 Å². The second kappa shape index (κ2) is 6.93. The standard InChI is InChI=1S/C17H20N2O3S/c1-11-7-12(2)9-13(8-11)19-16(21)15(20)18-10-17(3,22)14-5-4-6-23-14/h4-9,22H,10H2,1-3H3,(H,18,20)(H,19,21). The molecular formula is C17H20N2O3S. The Morgan fingerprint density at radius 2 is 1.83 bits per heavy atom. The minimum absolute atomic E-state index is 0.0351. The fourth-order valence-electron chi connectivity index (χ4n) is 2.24. The number of anilines is 1. The molecule has 0 aliphatic heterocycles. The van der Waals surface area contributed by atoms with E-state index in [0.717, 1.165) is 16.0 Å². The minimum atomic E-state index is -1.20. The van der Waals surface area contributed by atoms with E-state index in [4.69, 9.17) is 0 Å². The largest absolute Gasteiger partial charge is 0.383 e. The molecule has 1 atom stereocenters. The van der Waals surface area contributed by atoms with Crippen molar-refractivity contribution in [3.63, 3.8) is 0 Å².